The zero-order valence-electron chi connectivity index (χ0n) is 11.7. The summed E-state index contributed by atoms with van der Waals surface area (Å²) in [5.41, 5.74) is 2.27. The Hall–Kier alpha value is -2.36. The molecule has 1 aromatic carbocycles. The molecule has 0 N–H and O–H groups in total. The number of hydrogen-bond donors (Lipinski definition) is 0. The molecule has 0 aromatic heterocycles. The van der Waals surface area contributed by atoms with Gasteiger partial charge in [-0.15, -0.1) is 0 Å². The van der Waals surface area contributed by atoms with Crippen molar-refractivity contribution >= 4 is 18.0 Å². The summed E-state index contributed by atoms with van der Waals surface area (Å²) in [5.74, 6) is -0.748. The first kappa shape index (κ1) is 15.7. The standard InChI is InChI=1S/C16H18O4/c1-12(10-19-13(2)17)16(11-20-14(3)18)9-15-7-5-4-6-8-15/h4-9H,1,10-11H2,2-3H3/b16-9-. The van der Waals surface area contributed by atoms with E-state index in [-0.39, 0.29) is 25.2 Å². The third-order valence-electron chi connectivity index (χ3n) is 2.48. The third-order valence-corrected chi connectivity index (χ3v) is 2.48. The van der Waals surface area contributed by atoms with E-state index in [0.29, 0.717) is 11.1 Å². The Morgan fingerprint density at radius 3 is 2.15 bits per heavy atom. The van der Waals surface area contributed by atoms with Crippen molar-refractivity contribution in [1.82, 2.24) is 0 Å². The molecule has 0 spiro atoms. The predicted molar refractivity (Wildman–Crippen MR) is 76.8 cm³/mol. The summed E-state index contributed by atoms with van der Waals surface area (Å²) in [6.07, 6.45) is 1.86. The van der Waals surface area contributed by atoms with E-state index >= 15 is 0 Å². The van der Waals surface area contributed by atoms with E-state index in [4.69, 9.17) is 9.47 Å². The van der Waals surface area contributed by atoms with Gasteiger partial charge in [-0.1, -0.05) is 36.9 Å². The van der Waals surface area contributed by atoms with Gasteiger partial charge in [0.1, 0.15) is 13.2 Å². The molecule has 0 saturated heterocycles. The van der Waals surface area contributed by atoms with Crippen LogP contribution >= 0.6 is 0 Å². The molecule has 0 heterocycles. The molecule has 0 unspecified atom stereocenters. The fourth-order valence-corrected chi connectivity index (χ4v) is 1.46. The van der Waals surface area contributed by atoms with Gasteiger partial charge in [-0.05, 0) is 22.8 Å². The quantitative estimate of drug-likeness (QED) is 0.591. The second kappa shape index (κ2) is 7.94. The van der Waals surface area contributed by atoms with E-state index in [0.717, 1.165) is 5.56 Å². The number of benzene rings is 1. The van der Waals surface area contributed by atoms with Crippen LogP contribution in [0.15, 0.2) is 48.1 Å². The van der Waals surface area contributed by atoms with Gasteiger partial charge in [-0.3, -0.25) is 9.59 Å². The van der Waals surface area contributed by atoms with Gasteiger partial charge >= 0.3 is 11.9 Å². The van der Waals surface area contributed by atoms with E-state index in [1.54, 1.807) is 0 Å². The molecule has 0 aliphatic heterocycles. The summed E-state index contributed by atoms with van der Waals surface area (Å²) in [7, 11) is 0. The molecule has 0 aliphatic carbocycles. The van der Waals surface area contributed by atoms with Crippen LogP contribution in [0.4, 0.5) is 0 Å². The minimum atomic E-state index is -0.377. The van der Waals surface area contributed by atoms with Gasteiger partial charge in [-0.2, -0.15) is 0 Å². The molecule has 4 heteroatoms. The Labute approximate surface area is 118 Å². The first-order valence-electron chi connectivity index (χ1n) is 6.19. The van der Waals surface area contributed by atoms with Crippen molar-refractivity contribution in [2.45, 2.75) is 13.8 Å². The number of ether oxygens (including phenoxy) is 2. The fraction of sp³-hybridized carbons (Fsp3) is 0.250. The van der Waals surface area contributed by atoms with E-state index in [1.165, 1.54) is 13.8 Å². The maximum Gasteiger partial charge on any atom is 0.302 e. The van der Waals surface area contributed by atoms with Crippen LogP contribution in [0.5, 0.6) is 0 Å². The van der Waals surface area contributed by atoms with E-state index in [9.17, 15) is 9.59 Å². The highest BCUT2D eigenvalue weighted by Gasteiger charge is 2.07. The molecule has 0 atom stereocenters. The van der Waals surface area contributed by atoms with E-state index in [2.05, 4.69) is 6.58 Å². The molecule has 106 valence electrons. The number of carbonyl (C=O) groups is 2. The molecule has 0 aliphatic rings. The predicted octanol–water partition coefficient (Wildman–Crippen LogP) is 2.75. The summed E-state index contributed by atoms with van der Waals surface area (Å²) >= 11 is 0. The largest absolute Gasteiger partial charge is 0.461 e. The van der Waals surface area contributed by atoms with Crippen molar-refractivity contribution in [2.24, 2.45) is 0 Å². The van der Waals surface area contributed by atoms with Gasteiger partial charge in [0, 0.05) is 13.8 Å². The van der Waals surface area contributed by atoms with Crippen molar-refractivity contribution in [3.8, 4) is 0 Å². The molecule has 0 bridgehead atoms. The second-order valence-electron chi connectivity index (χ2n) is 4.24. The summed E-state index contributed by atoms with van der Waals surface area (Å²) in [4.78, 5) is 21.8. The molecule has 0 fully saturated rings. The summed E-state index contributed by atoms with van der Waals surface area (Å²) < 4.78 is 9.90. The third kappa shape index (κ3) is 6.00. The van der Waals surface area contributed by atoms with Crippen LogP contribution in [-0.2, 0) is 19.1 Å². The number of esters is 2. The van der Waals surface area contributed by atoms with Crippen LogP contribution in [0.2, 0.25) is 0 Å². The Kier molecular flexibility index (Phi) is 6.23. The van der Waals surface area contributed by atoms with Crippen LogP contribution in [0, 0.1) is 0 Å². The van der Waals surface area contributed by atoms with E-state index < -0.39 is 0 Å². The number of rotatable bonds is 6. The van der Waals surface area contributed by atoms with Crippen molar-refractivity contribution in [2.75, 3.05) is 13.2 Å². The smallest absolute Gasteiger partial charge is 0.302 e. The number of carbonyl (C=O) groups excluding carboxylic acids is 2. The van der Waals surface area contributed by atoms with Crippen molar-refractivity contribution in [1.29, 1.82) is 0 Å². The highest BCUT2D eigenvalue weighted by Crippen LogP contribution is 2.15. The molecule has 4 nitrogen and oxygen atoms in total. The maximum absolute atomic E-state index is 10.9. The summed E-state index contributed by atoms with van der Waals surface area (Å²) in [6, 6.07) is 9.57. The lowest BCUT2D eigenvalue weighted by molar-refractivity contribution is -0.141. The van der Waals surface area contributed by atoms with E-state index in [1.807, 2.05) is 36.4 Å². The molecular formula is C16H18O4. The Balaban J connectivity index is 2.84. The SMILES string of the molecule is C=C(COC(C)=O)/C(=C\c1ccccc1)COC(C)=O. The fourth-order valence-electron chi connectivity index (χ4n) is 1.46. The van der Waals surface area contributed by atoms with Crippen molar-refractivity contribution < 1.29 is 19.1 Å². The maximum atomic E-state index is 10.9. The normalized spacial score (nSPS) is 10.8. The van der Waals surface area contributed by atoms with Gasteiger partial charge in [0.15, 0.2) is 0 Å². The van der Waals surface area contributed by atoms with Crippen LogP contribution in [-0.4, -0.2) is 25.2 Å². The van der Waals surface area contributed by atoms with Gasteiger partial charge in [-0.25, -0.2) is 0 Å². The highest BCUT2D eigenvalue weighted by atomic mass is 16.5. The monoisotopic (exact) mass is 274 g/mol. The van der Waals surface area contributed by atoms with Gasteiger partial charge < -0.3 is 9.47 Å². The lowest BCUT2D eigenvalue weighted by Gasteiger charge is -2.11. The minimum Gasteiger partial charge on any atom is -0.461 e. The molecule has 0 saturated carbocycles. The van der Waals surface area contributed by atoms with Crippen LogP contribution < -0.4 is 0 Å². The Bertz CT molecular complexity index is 515. The first-order chi connectivity index (χ1) is 9.49. The zero-order valence-corrected chi connectivity index (χ0v) is 11.7. The summed E-state index contributed by atoms with van der Waals surface area (Å²) in [5, 5.41) is 0. The average molecular weight is 274 g/mol. The molecule has 0 radical (unpaired) electrons. The first-order valence-corrected chi connectivity index (χ1v) is 6.19. The lowest BCUT2D eigenvalue weighted by atomic mass is 10.1. The van der Waals surface area contributed by atoms with Crippen LogP contribution in [0.25, 0.3) is 6.08 Å². The molecule has 1 aromatic rings. The van der Waals surface area contributed by atoms with Crippen molar-refractivity contribution in [3.05, 3.63) is 53.6 Å². The molecule has 0 amide bonds. The van der Waals surface area contributed by atoms with Gasteiger partial charge in [0.2, 0.25) is 0 Å². The second-order valence-corrected chi connectivity index (χ2v) is 4.24. The molecular weight excluding hydrogens is 256 g/mol. The topological polar surface area (TPSA) is 52.6 Å². The minimum absolute atomic E-state index is 0.0786. The Morgan fingerprint density at radius 1 is 1.05 bits per heavy atom. The van der Waals surface area contributed by atoms with Gasteiger partial charge in [0.25, 0.3) is 0 Å². The summed E-state index contributed by atoms with van der Waals surface area (Å²) in [6.45, 7) is 6.72. The van der Waals surface area contributed by atoms with Crippen LogP contribution in [0.3, 0.4) is 0 Å². The lowest BCUT2D eigenvalue weighted by Crippen LogP contribution is -2.09. The average Bonchev–Trinajstić information content (AvgIpc) is 2.41. The molecule has 20 heavy (non-hydrogen) atoms. The zero-order chi connectivity index (χ0) is 15.0. The van der Waals surface area contributed by atoms with Crippen LogP contribution in [0.1, 0.15) is 19.4 Å². The number of hydrogen-bond acceptors (Lipinski definition) is 4. The Morgan fingerprint density at radius 2 is 1.60 bits per heavy atom. The highest BCUT2D eigenvalue weighted by molar-refractivity contribution is 5.68. The molecule has 1 rings (SSSR count). The van der Waals surface area contributed by atoms with Gasteiger partial charge in [0.05, 0.1) is 0 Å². The van der Waals surface area contributed by atoms with Crippen molar-refractivity contribution in [3.63, 3.8) is 0 Å².